The van der Waals surface area contributed by atoms with Crippen LogP contribution < -0.4 is 11.1 Å². The SMILES string of the molecule is CC(C)[C@H](N)C(=O)NCC1(N(C)C)CCCCC1. The molecule has 3 N–H and O–H groups in total. The molecule has 0 bridgehead atoms. The average Bonchev–Trinajstić information content (AvgIpc) is 2.35. The van der Waals surface area contributed by atoms with E-state index in [1.54, 1.807) is 0 Å². The van der Waals surface area contributed by atoms with Gasteiger partial charge in [0.2, 0.25) is 5.91 Å². The lowest BCUT2D eigenvalue weighted by atomic mass is 9.80. The summed E-state index contributed by atoms with van der Waals surface area (Å²) in [6.07, 6.45) is 6.15. The van der Waals surface area contributed by atoms with E-state index >= 15 is 0 Å². The van der Waals surface area contributed by atoms with E-state index in [1.807, 2.05) is 13.8 Å². The molecule has 1 amide bonds. The van der Waals surface area contributed by atoms with Crippen LogP contribution in [0.15, 0.2) is 0 Å². The Morgan fingerprint density at radius 3 is 2.28 bits per heavy atom. The molecule has 1 rings (SSSR count). The molecule has 1 saturated carbocycles. The number of hydrogen-bond donors (Lipinski definition) is 2. The van der Waals surface area contributed by atoms with Crippen LogP contribution in [0.4, 0.5) is 0 Å². The fourth-order valence-corrected chi connectivity index (χ4v) is 2.66. The van der Waals surface area contributed by atoms with Gasteiger partial charge >= 0.3 is 0 Å². The van der Waals surface area contributed by atoms with Crippen LogP contribution in [0.3, 0.4) is 0 Å². The summed E-state index contributed by atoms with van der Waals surface area (Å²) in [4.78, 5) is 14.2. The Hall–Kier alpha value is -0.610. The molecular weight excluding hydrogens is 226 g/mol. The second-order valence-electron chi connectivity index (χ2n) is 6.17. The molecular formula is C14H29N3O. The van der Waals surface area contributed by atoms with E-state index in [0.717, 1.165) is 19.4 Å². The molecule has 4 nitrogen and oxygen atoms in total. The second-order valence-corrected chi connectivity index (χ2v) is 6.17. The van der Waals surface area contributed by atoms with Crippen molar-refractivity contribution >= 4 is 5.91 Å². The summed E-state index contributed by atoms with van der Waals surface area (Å²) in [6.45, 7) is 4.68. The van der Waals surface area contributed by atoms with E-state index in [0.29, 0.717) is 0 Å². The van der Waals surface area contributed by atoms with Crippen LogP contribution in [0.5, 0.6) is 0 Å². The normalized spacial score (nSPS) is 21.1. The van der Waals surface area contributed by atoms with Gasteiger partial charge in [0.1, 0.15) is 0 Å². The molecule has 106 valence electrons. The Kier molecular flexibility index (Phi) is 5.60. The molecule has 0 radical (unpaired) electrons. The highest BCUT2D eigenvalue weighted by Gasteiger charge is 2.34. The second kappa shape index (κ2) is 6.53. The lowest BCUT2D eigenvalue weighted by Gasteiger charge is -2.43. The largest absolute Gasteiger partial charge is 0.353 e. The highest BCUT2D eigenvalue weighted by molar-refractivity contribution is 5.81. The van der Waals surface area contributed by atoms with Gasteiger partial charge in [-0.3, -0.25) is 4.79 Å². The maximum Gasteiger partial charge on any atom is 0.237 e. The van der Waals surface area contributed by atoms with Gasteiger partial charge in [0, 0.05) is 12.1 Å². The van der Waals surface area contributed by atoms with E-state index in [4.69, 9.17) is 5.73 Å². The first kappa shape index (κ1) is 15.4. The Morgan fingerprint density at radius 2 is 1.83 bits per heavy atom. The predicted octanol–water partition coefficient (Wildman–Crippen LogP) is 1.35. The molecule has 18 heavy (non-hydrogen) atoms. The van der Waals surface area contributed by atoms with Crippen LogP contribution in [0.25, 0.3) is 0 Å². The molecule has 1 aliphatic carbocycles. The van der Waals surface area contributed by atoms with Crippen LogP contribution >= 0.6 is 0 Å². The summed E-state index contributed by atoms with van der Waals surface area (Å²) in [7, 11) is 4.22. The quantitative estimate of drug-likeness (QED) is 0.779. The molecule has 1 fully saturated rings. The average molecular weight is 255 g/mol. The first-order valence-electron chi connectivity index (χ1n) is 7.10. The first-order chi connectivity index (χ1) is 8.39. The number of carbonyl (C=O) groups excluding carboxylic acids is 1. The Bertz CT molecular complexity index is 270. The van der Waals surface area contributed by atoms with Crippen molar-refractivity contribution in [2.75, 3.05) is 20.6 Å². The third-order valence-corrected chi connectivity index (χ3v) is 4.35. The van der Waals surface area contributed by atoms with Crippen molar-refractivity contribution in [1.82, 2.24) is 10.2 Å². The van der Waals surface area contributed by atoms with Crippen LogP contribution in [-0.2, 0) is 4.79 Å². The lowest BCUT2D eigenvalue weighted by Crippen LogP contribution is -2.56. The fraction of sp³-hybridized carbons (Fsp3) is 0.929. The van der Waals surface area contributed by atoms with Gasteiger partial charge in [0.15, 0.2) is 0 Å². The molecule has 1 atom stereocenters. The van der Waals surface area contributed by atoms with Gasteiger partial charge in [-0.05, 0) is 32.9 Å². The molecule has 0 spiro atoms. The zero-order valence-electron chi connectivity index (χ0n) is 12.3. The highest BCUT2D eigenvalue weighted by Crippen LogP contribution is 2.31. The molecule has 4 heteroatoms. The molecule has 0 heterocycles. The van der Waals surface area contributed by atoms with Crippen molar-refractivity contribution in [3.63, 3.8) is 0 Å². The van der Waals surface area contributed by atoms with E-state index in [2.05, 4.69) is 24.3 Å². The van der Waals surface area contributed by atoms with Crippen molar-refractivity contribution in [2.24, 2.45) is 11.7 Å². The predicted molar refractivity (Wildman–Crippen MR) is 75.3 cm³/mol. The van der Waals surface area contributed by atoms with Gasteiger partial charge < -0.3 is 16.0 Å². The van der Waals surface area contributed by atoms with E-state index in [1.165, 1.54) is 19.3 Å². The van der Waals surface area contributed by atoms with Gasteiger partial charge in [-0.25, -0.2) is 0 Å². The molecule has 0 aliphatic heterocycles. The molecule has 0 aromatic carbocycles. The summed E-state index contributed by atoms with van der Waals surface area (Å²) in [5.74, 6) is 0.170. The van der Waals surface area contributed by atoms with Gasteiger partial charge in [0.25, 0.3) is 0 Å². The van der Waals surface area contributed by atoms with Crippen LogP contribution in [0.2, 0.25) is 0 Å². The van der Waals surface area contributed by atoms with Crippen molar-refractivity contribution in [3.8, 4) is 0 Å². The van der Waals surface area contributed by atoms with Crippen LogP contribution in [-0.4, -0.2) is 43.0 Å². The van der Waals surface area contributed by atoms with Gasteiger partial charge in [-0.15, -0.1) is 0 Å². The number of nitrogens with two attached hydrogens (primary N) is 1. The third kappa shape index (κ3) is 3.69. The molecule has 0 unspecified atom stereocenters. The zero-order chi connectivity index (χ0) is 13.8. The van der Waals surface area contributed by atoms with E-state index < -0.39 is 6.04 Å². The van der Waals surface area contributed by atoms with Crippen molar-refractivity contribution < 1.29 is 4.79 Å². The maximum absolute atomic E-state index is 11.9. The minimum atomic E-state index is -0.396. The summed E-state index contributed by atoms with van der Waals surface area (Å²) in [5, 5.41) is 3.05. The Labute approximate surface area is 111 Å². The number of carbonyl (C=O) groups is 1. The topological polar surface area (TPSA) is 58.4 Å². The number of nitrogens with zero attached hydrogens (tertiary/aromatic N) is 1. The standard InChI is InChI=1S/C14H29N3O/c1-11(2)12(15)13(18)16-10-14(17(3)4)8-6-5-7-9-14/h11-12H,5-10,15H2,1-4H3,(H,16,18)/t12-/m0/s1. The number of likely N-dealkylation sites (N-methyl/N-ethyl adjacent to an activating group) is 1. The van der Waals surface area contributed by atoms with Crippen molar-refractivity contribution in [1.29, 1.82) is 0 Å². The minimum absolute atomic E-state index is 0.0169. The third-order valence-electron chi connectivity index (χ3n) is 4.35. The van der Waals surface area contributed by atoms with Crippen molar-refractivity contribution in [2.45, 2.75) is 57.5 Å². The number of rotatable bonds is 5. The monoisotopic (exact) mass is 255 g/mol. The minimum Gasteiger partial charge on any atom is -0.353 e. The van der Waals surface area contributed by atoms with Gasteiger partial charge in [0.05, 0.1) is 6.04 Å². The maximum atomic E-state index is 11.9. The number of hydrogen-bond acceptors (Lipinski definition) is 3. The smallest absolute Gasteiger partial charge is 0.237 e. The molecule has 0 aromatic rings. The van der Waals surface area contributed by atoms with Crippen LogP contribution in [0, 0.1) is 5.92 Å². The lowest BCUT2D eigenvalue weighted by molar-refractivity contribution is -0.124. The van der Waals surface area contributed by atoms with Gasteiger partial charge in [-0.2, -0.15) is 0 Å². The van der Waals surface area contributed by atoms with Crippen molar-refractivity contribution in [3.05, 3.63) is 0 Å². The van der Waals surface area contributed by atoms with Crippen LogP contribution in [0.1, 0.15) is 46.0 Å². The first-order valence-corrected chi connectivity index (χ1v) is 7.10. The fourth-order valence-electron chi connectivity index (χ4n) is 2.66. The molecule has 1 aliphatic rings. The van der Waals surface area contributed by atoms with E-state index in [9.17, 15) is 4.79 Å². The number of amides is 1. The summed E-state index contributed by atoms with van der Waals surface area (Å²) >= 11 is 0. The highest BCUT2D eigenvalue weighted by atomic mass is 16.2. The Balaban J connectivity index is 2.55. The number of nitrogens with one attached hydrogen (secondary N) is 1. The zero-order valence-corrected chi connectivity index (χ0v) is 12.3. The van der Waals surface area contributed by atoms with E-state index in [-0.39, 0.29) is 17.4 Å². The summed E-state index contributed by atoms with van der Waals surface area (Å²) in [5.41, 5.74) is 6.00. The van der Waals surface area contributed by atoms with Gasteiger partial charge in [-0.1, -0.05) is 33.1 Å². The molecule has 0 saturated heterocycles. The summed E-state index contributed by atoms with van der Waals surface area (Å²) in [6, 6.07) is -0.396. The summed E-state index contributed by atoms with van der Waals surface area (Å²) < 4.78 is 0. The Morgan fingerprint density at radius 1 is 1.28 bits per heavy atom. The molecule has 0 aromatic heterocycles.